The minimum Gasteiger partial charge on any atom is -0.468 e. The molecule has 0 bridgehead atoms. The topological polar surface area (TPSA) is 38.3 Å². The molecule has 0 aliphatic rings. The van der Waals surface area contributed by atoms with Crippen LogP contribution in [0.15, 0.2) is 48.5 Å². The summed E-state index contributed by atoms with van der Waals surface area (Å²) in [7, 11) is 1.41. The Labute approximate surface area is 129 Å². The van der Waals surface area contributed by atoms with E-state index >= 15 is 0 Å². The zero-order chi connectivity index (χ0) is 15.2. The van der Waals surface area contributed by atoms with Gasteiger partial charge in [0, 0.05) is 17.3 Å². The highest BCUT2D eigenvalue weighted by Crippen LogP contribution is 2.24. The lowest BCUT2D eigenvalue weighted by Gasteiger charge is -2.18. The van der Waals surface area contributed by atoms with Crippen molar-refractivity contribution in [2.75, 3.05) is 19.0 Å². The fourth-order valence-corrected chi connectivity index (χ4v) is 2.35. The molecule has 0 radical (unpaired) electrons. The highest BCUT2D eigenvalue weighted by atomic mass is 35.5. The molecule has 0 spiro atoms. The summed E-state index contributed by atoms with van der Waals surface area (Å²) in [5.74, 6) is -0.608. The maximum absolute atomic E-state index is 12.0. The van der Waals surface area contributed by atoms with Crippen LogP contribution in [0.1, 0.15) is 17.0 Å². The highest BCUT2D eigenvalue weighted by Gasteiger charge is 2.21. The number of halogens is 1. The van der Waals surface area contributed by atoms with Crippen molar-refractivity contribution in [3.05, 3.63) is 64.7 Å². The average Bonchev–Trinajstić information content (AvgIpc) is 2.52. The molecule has 2 rings (SSSR count). The Balaban J connectivity index is 2.17. The lowest BCUT2D eigenvalue weighted by molar-refractivity contribution is -0.142. The summed E-state index contributed by atoms with van der Waals surface area (Å²) in [6, 6.07) is 15.3. The van der Waals surface area contributed by atoms with Crippen LogP contribution in [-0.4, -0.2) is 19.6 Å². The zero-order valence-corrected chi connectivity index (χ0v) is 12.9. The number of anilines is 1. The van der Waals surface area contributed by atoms with Gasteiger partial charge in [0.1, 0.15) is 0 Å². The summed E-state index contributed by atoms with van der Waals surface area (Å²) in [6.07, 6.45) is 0. The molecular formula is C17H18ClNO2. The summed E-state index contributed by atoms with van der Waals surface area (Å²) in [5.41, 5.74) is 2.82. The van der Waals surface area contributed by atoms with Crippen LogP contribution in [0.2, 0.25) is 5.02 Å². The summed E-state index contributed by atoms with van der Waals surface area (Å²) in [6.45, 7) is 2.40. The van der Waals surface area contributed by atoms with Gasteiger partial charge < -0.3 is 10.1 Å². The van der Waals surface area contributed by atoms with Gasteiger partial charge in [0.15, 0.2) is 0 Å². The molecule has 21 heavy (non-hydrogen) atoms. The Morgan fingerprint density at radius 1 is 1.19 bits per heavy atom. The monoisotopic (exact) mass is 303 g/mol. The predicted octanol–water partition coefficient (Wildman–Crippen LogP) is 4.02. The largest absolute Gasteiger partial charge is 0.468 e. The predicted molar refractivity (Wildman–Crippen MR) is 85.9 cm³/mol. The van der Waals surface area contributed by atoms with Crippen molar-refractivity contribution in [3.63, 3.8) is 0 Å². The SMILES string of the molecule is COC(=O)C(CNc1cccc(Cl)c1C)c1ccccc1. The lowest BCUT2D eigenvalue weighted by atomic mass is 9.99. The normalized spacial score (nSPS) is 11.8. The van der Waals surface area contributed by atoms with Crippen LogP contribution in [-0.2, 0) is 9.53 Å². The van der Waals surface area contributed by atoms with E-state index in [0.29, 0.717) is 11.6 Å². The van der Waals surface area contributed by atoms with Gasteiger partial charge in [-0.3, -0.25) is 4.79 Å². The van der Waals surface area contributed by atoms with Crippen LogP contribution in [0, 0.1) is 6.92 Å². The fourth-order valence-electron chi connectivity index (χ4n) is 2.18. The standard InChI is InChI=1S/C17H18ClNO2/c1-12-15(18)9-6-10-16(12)19-11-14(17(20)21-2)13-7-4-3-5-8-13/h3-10,14,19H,11H2,1-2H3. The van der Waals surface area contributed by atoms with Crippen molar-refractivity contribution in [2.45, 2.75) is 12.8 Å². The molecule has 0 aliphatic carbocycles. The smallest absolute Gasteiger partial charge is 0.314 e. The molecular weight excluding hydrogens is 286 g/mol. The number of ether oxygens (including phenoxy) is 1. The number of esters is 1. The van der Waals surface area contributed by atoms with Gasteiger partial charge >= 0.3 is 5.97 Å². The van der Waals surface area contributed by atoms with Crippen LogP contribution in [0.25, 0.3) is 0 Å². The molecule has 0 saturated carbocycles. The highest BCUT2D eigenvalue weighted by molar-refractivity contribution is 6.31. The maximum Gasteiger partial charge on any atom is 0.314 e. The number of hydrogen-bond donors (Lipinski definition) is 1. The minimum absolute atomic E-state index is 0.256. The first-order valence-electron chi connectivity index (χ1n) is 6.75. The van der Waals surface area contributed by atoms with Crippen molar-refractivity contribution in [1.82, 2.24) is 0 Å². The number of carbonyl (C=O) groups is 1. The van der Waals surface area contributed by atoms with E-state index in [0.717, 1.165) is 16.8 Å². The Kier molecular flexibility index (Phi) is 5.23. The first-order chi connectivity index (χ1) is 10.1. The second kappa shape index (κ2) is 7.14. The molecule has 0 saturated heterocycles. The van der Waals surface area contributed by atoms with Crippen molar-refractivity contribution in [3.8, 4) is 0 Å². The molecule has 0 heterocycles. The van der Waals surface area contributed by atoms with E-state index in [2.05, 4.69) is 5.32 Å². The van der Waals surface area contributed by atoms with Crippen molar-refractivity contribution in [2.24, 2.45) is 0 Å². The fraction of sp³-hybridized carbons (Fsp3) is 0.235. The van der Waals surface area contributed by atoms with Gasteiger partial charge in [0.2, 0.25) is 0 Å². The molecule has 4 heteroatoms. The number of methoxy groups -OCH3 is 1. The van der Waals surface area contributed by atoms with E-state index in [1.165, 1.54) is 7.11 Å². The molecule has 3 nitrogen and oxygen atoms in total. The summed E-state index contributed by atoms with van der Waals surface area (Å²) in [5, 5.41) is 3.99. The number of carbonyl (C=O) groups excluding carboxylic acids is 1. The first kappa shape index (κ1) is 15.4. The molecule has 0 aliphatic heterocycles. The van der Waals surface area contributed by atoms with Gasteiger partial charge in [-0.05, 0) is 30.2 Å². The van der Waals surface area contributed by atoms with Crippen LogP contribution < -0.4 is 5.32 Å². The molecule has 1 unspecified atom stereocenters. The second-order valence-electron chi connectivity index (χ2n) is 4.78. The third-order valence-electron chi connectivity index (χ3n) is 3.45. The molecule has 1 atom stereocenters. The third-order valence-corrected chi connectivity index (χ3v) is 3.86. The molecule has 0 amide bonds. The van der Waals surface area contributed by atoms with Crippen molar-refractivity contribution >= 4 is 23.3 Å². The van der Waals surface area contributed by atoms with E-state index in [9.17, 15) is 4.79 Å². The Morgan fingerprint density at radius 3 is 2.57 bits per heavy atom. The van der Waals surface area contributed by atoms with Crippen LogP contribution in [0.4, 0.5) is 5.69 Å². The Morgan fingerprint density at radius 2 is 1.90 bits per heavy atom. The number of rotatable bonds is 5. The maximum atomic E-state index is 12.0. The van der Waals surface area contributed by atoms with E-state index in [1.807, 2.05) is 55.5 Å². The van der Waals surface area contributed by atoms with Crippen molar-refractivity contribution < 1.29 is 9.53 Å². The Hall–Kier alpha value is -2.00. The second-order valence-corrected chi connectivity index (χ2v) is 5.19. The van der Waals surface area contributed by atoms with E-state index in [-0.39, 0.29) is 11.9 Å². The molecule has 110 valence electrons. The first-order valence-corrected chi connectivity index (χ1v) is 7.13. The third kappa shape index (κ3) is 3.76. The summed E-state index contributed by atoms with van der Waals surface area (Å²) < 4.78 is 4.90. The molecule has 2 aromatic rings. The molecule has 0 aromatic heterocycles. The van der Waals surface area contributed by atoms with Gasteiger partial charge in [-0.15, -0.1) is 0 Å². The van der Waals surface area contributed by atoms with Crippen LogP contribution >= 0.6 is 11.6 Å². The van der Waals surface area contributed by atoms with Gasteiger partial charge in [-0.25, -0.2) is 0 Å². The average molecular weight is 304 g/mol. The van der Waals surface area contributed by atoms with Crippen LogP contribution in [0.5, 0.6) is 0 Å². The minimum atomic E-state index is -0.352. The van der Waals surface area contributed by atoms with E-state index in [1.54, 1.807) is 0 Å². The summed E-state index contributed by atoms with van der Waals surface area (Å²) in [4.78, 5) is 12.0. The van der Waals surface area contributed by atoms with Gasteiger partial charge in [-0.1, -0.05) is 48.0 Å². The zero-order valence-electron chi connectivity index (χ0n) is 12.1. The molecule has 0 fully saturated rings. The summed E-state index contributed by atoms with van der Waals surface area (Å²) >= 11 is 6.10. The van der Waals surface area contributed by atoms with Crippen LogP contribution in [0.3, 0.4) is 0 Å². The lowest BCUT2D eigenvalue weighted by Crippen LogP contribution is -2.22. The van der Waals surface area contributed by atoms with E-state index < -0.39 is 0 Å². The number of nitrogens with one attached hydrogen (secondary N) is 1. The number of benzene rings is 2. The van der Waals surface area contributed by atoms with E-state index in [4.69, 9.17) is 16.3 Å². The number of hydrogen-bond acceptors (Lipinski definition) is 3. The van der Waals surface area contributed by atoms with Gasteiger partial charge in [0.25, 0.3) is 0 Å². The van der Waals surface area contributed by atoms with Gasteiger partial charge in [0.05, 0.1) is 13.0 Å². The quantitative estimate of drug-likeness (QED) is 0.848. The Bertz CT molecular complexity index is 613. The molecule has 2 aromatic carbocycles. The van der Waals surface area contributed by atoms with Crippen molar-refractivity contribution in [1.29, 1.82) is 0 Å². The van der Waals surface area contributed by atoms with Gasteiger partial charge in [-0.2, -0.15) is 0 Å². The molecule has 1 N–H and O–H groups in total.